The first-order chi connectivity index (χ1) is 13.7. The molecule has 2 atom stereocenters. The van der Waals surface area contributed by atoms with E-state index < -0.39 is 35.2 Å². The highest BCUT2D eigenvalue weighted by Crippen LogP contribution is 2.23. The summed E-state index contributed by atoms with van der Waals surface area (Å²) in [5, 5.41) is 15.0. The van der Waals surface area contributed by atoms with Crippen LogP contribution in [0.5, 0.6) is 0 Å². The van der Waals surface area contributed by atoms with Crippen molar-refractivity contribution in [3.63, 3.8) is 0 Å². The van der Waals surface area contributed by atoms with Crippen LogP contribution in [0.4, 0.5) is 4.79 Å². The first-order valence-corrected chi connectivity index (χ1v) is 10.0. The lowest BCUT2D eigenvalue weighted by atomic mass is 10.0. The lowest BCUT2D eigenvalue weighted by Gasteiger charge is -2.35. The van der Waals surface area contributed by atoms with Gasteiger partial charge in [0.15, 0.2) is 0 Å². The molecule has 3 amide bonds. The third kappa shape index (κ3) is 8.41. The van der Waals surface area contributed by atoms with Gasteiger partial charge in [-0.2, -0.15) is 0 Å². The lowest BCUT2D eigenvalue weighted by Crippen LogP contribution is -2.54. The molecule has 1 rings (SSSR count). The predicted molar refractivity (Wildman–Crippen MR) is 115 cm³/mol. The van der Waals surface area contributed by atoms with E-state index >= 15 is 0 Å². The van der Waals surface area contributed by atoms with Gasteiger partial charge in [-0.1, -0.05) is 30.3 Å². The molecule has 0 radical (unpaired) electrons. The van der Waals surface area contributed by atoms with E-state index in [-0.39, 0.29) is 19.1 Å². The molecule has 0 saturated heterocycles. The maximum absolute atomic E-state index is 13.2. The standard InChI is InChI=1S/C22H35N3O5/c1-15(23-20(29)30-22(5,6)7)19(28)25(13-14-26)17(16-11-9-8-10-12-16)18(27)24-21(2,3)4/h8-12,15,17,26H,13-14H2,1-7H3,(H,23,29)(H,24,27). The highest BCUT2D eigenvalue weighted by atomic mass is 16.6. The third-order valence-corrected chi connectivity index (χ3v) is 3.90. The zero-order valence-electron chi connectivity index (χ0n) is 19.0. The summed E-state index contributed by atoms with van der Waals surface area (Å²) in [6.45, 7) is 11.8. The predicted octanol–water partition coefficient (Wildman–Crippen LogP) is 2.38. The molecular weight excluding hydrogens is 386 g/mol. The number of carbonyl (C=O) groups is 3. The van der Waals surface area contributed by atoms with Crippen LogP contribution >= 0.6 is 0 Å². The van der Waals surface area contributed by atoms with Gasteiger partial charge in [0, 0.05) is 12.1 Å². The van der Waals surface area contributed by atoms with Crippen molar-refractivity contribution in [2.45, 2.75) is 71.7 Å². The summed E-state index contributed by atoms with van der Waals surface area (Å²) in [7, 11) is 0. The van der Waals surface area contributed by atoms with Crippen LogP contribution in [0.2, 0.25) is 0 Å². The minimum absolute atomic E-state index is 0.0731. The van der Waals surface area contributed by atoms with Crippen molar-refractivity contribution in [1.29, 1.82) is 0 Å². The van der Waals surface area contributed by atoms with Gasteiger partial charge in [-0.15, -0.1) is 0 Å². The average Bonchev–Trinajstić information content (AvgIpc) is 2.58. The molecule has 0 aliphatic rings. The molecule has 0 heterocycles. The number of amides is 3. The van der Waals surface area contributed by atoms with E-state index in [1.807, 2.05) is 26.8 Å². The summed E-state index contributed by atoms with van der Waals surface area (Å²) in [6, 6.07) is 6.93. The van der Waals surface area contributed by atoms with Crippen molar-refractivity contribution in [3.05, 3.63) is 35.9 Å². The summed E-state index contributed by atoms with van der Waals surface area (Å²) in [4.78, 5) is 39.7. The molecule has 168 valence electrons. The van der Waals surface area contributed by atoms with Gasteiger partial charge in [0.2, 0.25) is 11.8 Å². The smallest absolute Gasteiger partial charge is 0.408 e. The number of carbonyl (C=O) groups excluding carboxylic acids is 3. The monoisotopic (exact) mass is 421 g/mol. The molecule has 0 aliphatic heterocycles. The number of rotatable bonds is 7. The Hall–Kier alpha value is -2.61. The van der Waals surface area contributed by atoms with Gasteiger partial charge < -0.3 is 25.4 Å². The van der Waals surface area contributed by atoms with Crippen molar-refractivity contribution in [3.8, 4) is 0 Å². The van der Waals surface area contributed by atoms with E-state index in [9.17, 15) is 19.5 Å². The highest BCUT2D eigenvalue weighted by molar-refractivity contribution is 5.92. The maximum Gasteiger partial charge on any atom is 0.408 e. The molecule has 8 nitrogen and oxygen atoms in total. The second-order valence-corrected chi connectivity index (χ2v) is 9.18. The summed E-state index contributed by atoms with van der Waals surface area (Å²) >= 11 is 0. The topological polar surface area (TPSA) is 108 Å². The van der Waals surface area contributed by atoms with Gasteiger partial charge in [-0.25, -0.2) is 4.79 Å². The number of aliphatic hydroxyl groups is 1. The summed E-state index contributed by atoms with van der Waals surface area (Å²) < 4.78 is 5.21. The molecule has 0 aromatic heterocycles. The number of ether oxygens (including phenoxy) is 1. The van der Waals surface area contributed by atoms with Gasteiger partial charge in [-0.3, -0.25) is 9.59 Å². The van der Waals surface area contributed by atoms with E-state index in [1.54, 1.807) is 45.0 Å². The number of benzene rings is 1. The van der Waals surface area contributed by atoms with E-state index in [0.29, 0.717) is 5.56 Å². The number of hydrogen-bond acceptors (Lipinski definition) is 5. The van der Waals surface area contributed by atoms with Crippen LogP contribution < -0.4 is 10.6 Å². The van der Waals surface area contributed by atoms with E-state index in [1.165, 1.54) is 11.8 Å². The van der Waals surface area contributed by atoms with Crippen LogP contribution in [0.1, 0.15) is 60.1 Å². The summed E-state index contributed by atoms with van der Waals surface area (Å²) in [5.74, 6) is -0.882. The van der Waals surface area contributed by atoms with E-state index in [2.05, 4.69) is 10.6 Å². The Bertz CT molecular complexity index is 723. The SMILES string of the molecule is CC(NC(=O)OC(C)(C)C)C(=O)N(CCO)C(C(=O)NC(C)(C)C)c1ccccc1. The minimum Gasteiger partial charge on any atom is -0.444 e. The Labute approximate surface area is 179 Å². The number of alkyl carbamates (subject to hydrolysis) is 1. The Morgan fingerprint density at radius 3 is 2.10 bits per heavy atom. The van der Waals surface area contributed by atoms with Crippen LogP contribution in [-0.4, -0.2) is 58.2 Å². The Balaban J connectivity index is 3.19. The zero-order chi connectivity index (χ0) is 23.1. The molecule has 1 aromatic carbocycles. The fourth-order valence-electron chi connectivity index (χ4n) is 2.82. The Morgan fingerprint density at radius 2 is 1.63 bits per heavy atom. The number of nitrogens with zero attached hydrogens (tertiary/aromatic N) is 1. The molecule has 8 heteroatoms. The second-order valence-electron chi connectivity index (χ2n) is 9.18. The summed E-state index contributed by atoms with van der Waals surface area (Å²) in [5.41, 5.74) is -0.625. The normalized spacial score (nSPS) is 13.7. The van der Waals surface area contributed by atoms with Crippen molar-refractivity contribution in [1.82, 2.24) is 15.5 Å². The van der Waals surface area contributed by atoms with Gasteiger partial charge >= 0.3 is 6.09 Å². The molecule has 0 fully saturated rings. The molecule has 3 N–H and O–H groups in total. The Morgan fingerprint density at radius 1 is 1.07 bits per heavy atom. The lowest BCUT2D eigenvalue weighted by molar-refractivity contribution is -0.143. The molecular formula is C22H35N3O5. The first-order valence-electron chi connectivity index (χ1n) is 10.0. The van der Waals surface area contributed by atoms with Crippen molar-refractivity contribution >= 4 is 17.9 Å². The minimum atomic E-state index is -0.965. The third-order valence-electron chi connectivity index (χ3n) is 3.90. The van der Waals surface area contributed by atoms with Crippen molar-refractivity contribution in [2.24, 2.45) is 0 Å². The largest absolute Gasteiger partial charge is 0.444 e. The number of nitrogens with one attached hydrogen (secondary N) is 2. The molecule has 2 unspecified atom stereocenters. The molecule has 0 aliphatic carbocycles. The molecule has 0 spiro atoms. The second kappa shape index (κ2) is 10.4. The fraction of sp³-hybridized carbons (Fsp3) is 0.591. The van der Waals surface area contributed by atoms with Crippen LogP contribution in [-0.2, 0) is 14.3 Å². The quantitative estimate of drug-likeness (QED) is 0.626. The molecule has 0 saturated carbocycles. The van der Waals surface area contributed by atoms with Gasteiger partial charge in [0.25, 0.3) is 0 Å². The van der Waals surface area contributed by atoms with Gasteiger partial charge in [-0.05, 0) is 54.0 Å². The van der Waals surface area contributed by atoms with Crippen molar-refractivity contribution in [2.75, 3.05) is 13.2 Å². The fourth-order valence-corrected chi connectivity index (χ4v) is 2.82. The molecule has 1 aromatic rings. The average molecular weight is 422 g/mol. The number of hydrogen-bond donors (Lipinski definition) is 3. The van der Waals surface area contributed by atoms with Gasteiger partial charge in [0.1, 0.15) is 17.7 Å². The van der Waals surface area contributed by atoms with Gasteiger partial charge in [0.05, 0.1) is 6.61 Å². The Kier molecular flexibility index (Phi) is 8.84. The van der Waals surface area contributed by atoms with Crippen LogP contribution in [0.15, 0.2) is 30.3 Å². The van der Waals surface area contributed by atoms with E-state index in [0.717, 1.165) is 0 Å². The van der Waals surface area contributed by atoms with Crippen molar-refractivity contribution < 1.29 is 24.2 Å². The molecule has 0 bridgehead atoms. The van der Waals surface area contributed by atoms with E-state index in [4.69, 9.17) is 4.74 Å². The summed E-state index contributed by atoms with van der Waals surface area (Å²) in [6.07, 6.45) is -0.734. The highest BCUT2D eigenvalue weighted by Gasteiger charge is 2.35. The van der Waals surface area contributed by atoms with Crippen LogP contribution in [0, 0.1) is 0 Å². The number of aliphatic hydroxyl groups excluding tert-OH is 1. The zero-order valence-corrected chi connectivity index (χ0v) is 19.0. The van der Waals surface area contributed by atoms with Crippen LogP contribution in [0.3, 0.4) is 0 Å². The first kappa shape index (κ1) is 25.4. The molecule has 30 heavy (non-hydrogen) atoms. The maximum atomic E-state index is 13.2. The van der Waals surface area contributed by atoms with Crippen LogP contribution in [0.25, 0.3) is 0 Å².